The average Bonchev–Trinajstić information content (AvgIpc) is 2.87. The summed E-state index contributed by atoms with van der Waals surface area (Å²) in [6, 6.07) is 7.68. The van der Waals surface area contributed by atoms with Gasteiger partial charge >= 0.3 is 0 Å². The topological polar surface area (TPSA) is 85.2 Å². The van der Waals surface area contributed by atoms with Gasteiger partial charge in [-0.1, -0.05) is 0 Å². The molecule has 1 aliphatic heterocycles. The standard InChI is InChI=1S/C14H16N4O/c15-10-1-2-11-12(7-10)17-5-3-13(11)18-6-4-9(8-18)14(16)19/h1-3,5,7,9H,4,6,8,15H2,(H2,16,19). The second kappa shape index (κ2) is 4.42. The molecule has 0 spiro atoms. The molecule has 0 aliphatic carbocycles. The maximum atomic E-state index is 11.3. The van der Waals surface area contributed by atoms with Crippen LogP contribution in [0.3, 0.4) is 0 Å². The molecule has 1 fully saturated rings. The SMILES string of the molecule is NC(=O)C1CCN(c2ccnc3cc(N)ccc23)C1. The molecule has 5 nitrogen and oxygen atoms in total. The lowest BCUT2D eigenvalue weighted by Gasteiger charge is -2.20. The fourth-order valence-electron chi connectivity index (χ4n) is 2.64. The van der Waals surface area contributed by atoms with Crippen molar-refractivity contribution in [3.63, 3.8) is 0 Å². The number of hydrogen-bond donors (Lipinski definition) is 2. The zero-order valence-electron chi connectivity index (χ0n) is 10.5. The minimum Gasteiger partial charge on any atom is -0.399 e. The van der Waals surface area contributed by atoms with Crippen molar-refractivity contribution < 1.29 is 4.79 Å². The number of nitrogen functional groups attached to an aromatic ring is 1. The third kappa shape index (κ3) is 2.07. The first kappa shape index (κ1) is 11.8. The molecule has 1 saturated heterocycles. The summed E-state index contributed by atoms with van der Waals surface area (Å²) in [6.07, 6.45) is 2.59. The number of fused-ring (bicyclic) bond motifs is 1. The summed E-state index contributed by atoms with van der Waals surface area (Å²) in [4.78, 5) is 17.8. The molecule has 5 heteroatoms. The van der Waals surface area contributed by atoms with Gasteiger partial charge in [-0.3, -0.25) is 9.78 Å². The lowest BCUT2D eigenvalue weighted by molar-refractivity contribution is -0.121. The Morgan fingerprint density at radius 3 is 2.95 bits per heavy atom. The summed E-state index contributed by atoms with van der Waals surface area (Å²) in [5, 5.41) is 1.06. The highest BCUT2D eigenvalue weighted by molar-refractivity contribution is 5.93. The number of amides is 1. The van der Waals surface area contributed by atoms with E-state index in [0.29, 0.717) is 12.2 Å². The van der Waals surface area contributed by atoms with Gasteiger partial charge in [0.2, 0.25) is 5.91 Å². The van der Waals surface area contributed by atoms with Crippen molar-refractivity contribution >= 4 is 28.2 Å². The summed E-state index contributed by atoms with van der Waals surface area (Å²) >= 11 is 0. The summed E-state index contributed by atoms with van der Waals surface area (Å²) in [6.45, 7) is 1.52. The Labute approximate surface area is 111 Å². The van der Waals surface area contributed by atoms with E-state index in [2.05, 4.69) is 9.88 Å². The fourth-order valence-corrected chi connectivity index (χ4v) is 2.64. The largest absolute Gasteiger partial charge is 0.399 e. The van der Waals surface area contributed by atoms with E-state index in [9.17, 15) is 4.79 Å². The number of benzene rings is 1. The maximum Gasteiger partial charge on any atom is 0.222 e. The highest BCUT2D eigenvalue weighted by Gasteiger charge is 2.27. The molecule has 3 rings (SSSR count). The van der Waals surface area contributed by atoms with Crippen LogP contribution in [0, 0.1) is 5.92 Å². The van der Waals surface area contributed by atoms with E-state index in [4.69, 9.17) is 11.5 Å². The lowest BCUT2D eigenvalue weighted by atomic mass is 10.1. The van der Waals surface area contributed by atoms with Crippen molar-refractivity contribution in [2.24, 2.45) is 11.7 Å². The monoisotopic (exact) mass is 256 g/mol. The first-order valence-corrected chi connectivity index (χ1v) is 6.33. The number of carbonyl (C=O) groups is 1. The van der Waals surface area contributed by atoms with Gasteiger partial charge in [0.05, 0.1) is 11.4 Å². The Bertz CT molecular complexity index is 640. The molecule has 19 heavy (non-hydrogen) atoms. The van der Waals surface area contributed by atoms with Gasteiger partial charge in [-0.15, -0.1) is 0 Å². The predicted octanol–water partition coefficient (Wildman–Crippen LogP) is 1.13. The third-order valence-corrected chi connectivity index (χ3v) is 3.68. The first-order valence-electron chi connectivity index (χ1n) is 6.33. The molecule has 1 aromatic carbocycles. The summed E-state index contributed by atoms with van der Waals surface area (Å²) in [5.41, 5.74) is 13.8. The highest BCUT2D eigenvalue weighted by atomic mass is 16.1. The molecule has 4 N–H and O–H groups in total. The number of hydrogen-bond acceptors (Lipinski definition) is 4. The Morgan fingerprint density at radius 1 is 1.37 bits per heavy atom. The van der Waals surface area contributed by atoms with Crippen molar-refractivity contribution in [3.05, 3.63) is 30.5 Å². The Morgan fingerprint density at radius 2 is 2.21 bits per heavy atom. The fraction of sp³-hybridized carbons (Fsp3) is 0.286. The molecule has 0 saturated carbocycles. The molecular formula is C14H16N4O. The van der Waals surface area contributed by atoms with Crippen LogP contribution in [-0.2, 0) is 4.79 Å². The van der Waals surface area contributed by atoms with Crippen LogP contribution >= 0.6 is 0 Å². The molecule has 1 aromatic heterocycles. The van der Waals surface area contributed by atoms with Crippen LogP contribution in [-0.4, -0.2) is 24.0 Å². The average molecular weight is 256 g/mol. The third-order valence-electron chi connectivity index (χ3n) is 3.68. The lowest BCUT2D eigenvalue weighted by Crippen LogP contribution is -2.27. The van der Waals surface area contributed by atoms with Crippen molar-refractivity contribution in [1.29, 1.82) is 0 Å². The van der Waals surface area contributed by atoms with Gasteiger partial charge in [0.1, 0.15) is 0 Å². The number of primary amides is 1. The summed E-state index contributed by atoms with van der Waals surface area (Å²) < 4.78 is 0. The number of aromatic nitrogens is 1. The zero-order chi connectivity index (χ0) is 13.4. The minimum atomic E-state index is -0.217. The molecule has 2 heterocycles. The molecule has 1 aliphatic rings. The molecule has 1 atom stereocenters. The number of rotatable bonds is 2. The van der Waals surface area contributed by atoms with Gasteiger partial charge in [-0.05, 0) is 30.7 Å². The Hall–Kier alpha value is -2.30. The van der Waals surface area contributed by atoms with Crippen LogP contribution in [0.1, 0.15) is 6.42 Å². The predicted molar refractivity (Wildman–Crippen MR) is 75.7 cm³/mol. The normalized spacial score (nSPS) is 18.9. The van der Waals surface area contributed by atoms with Crippen molar-refractivity contribution in [1.82, 2.24) is 4.98 Å². The first-order chi connectivity index (χ1) is 9.15. The molecule has 2 aromatic rings. The number of nitrogens with two attached hydrogens (primary N) is 2. The molecule has 0 radical (unpaired) electrons. The molecule has 1 unspecified atom stereocenters. The van der Waals surface area contributed by atoms with Crippen LogP contribution in [0.15, 0.2) is 30.5 Å². The quantitative estimate of drug-likeness (QED) is 0.789. The number of nitrogens with zero attached hydrogens (tertiary/aromatic N) is 2. The van der Waals surface area contributed by atoms with Crippen molar-refractivity contribution in [2.75, 3.05) is 23.7 Å². The van der Waals surface area contributed by atoms with E-state index in [-0.39, 0.29) is 11.8 Å². The second-order valence-corrected chi connectivity index (χ2v) is 4.94. The van der Waals surface area contributed by atoms with Crippen LogP contribution in [0.2, 0.25) is 0 Å². The molecule has 98 valence electrons. The Kier molecular flexibility index (Phi) is 2.74. The highest BCUT2D eigenvalue weighted by Crippen LogP contribution is 2.30. The van der Waals surface area contributed by atoms with E-state index >= 15 is 0 Å². The van der Waals surface area contributed by atoms with E-state index in [1.54, 1.807) is 6.20 Å². The maximum absolute atomic E-state index is 11.3. The van der Waals surface area contributed by atoms with Gasteiger partial charge in [-0.2, -0.15) is 0 Å². The number of carbonyl (C=O) groups excluding carboxylic acids is 1. The zero-order valence-corrected chi connectivity index (χ0v) is 10.5. The van der Waals surface area contributed by atoms with Gasteiger partial charge in [-0.25, -0.2) is 0 Å². The van der Waals surface area contributed by atoms with Gasteiger partial charge in [0.15, 0.2) is 0 Å². The molecular weight excluding hydrogens is 240 g/mol. The van der Waals surface area contributed by atoms with Gasteiger partial charge < -0.3 is 16.4 Å². The summed E-state index contributed by atoms with van der Waals surface area (Å²) in [7, 11) is 0. The van der Waals surface area contributed by atoms with Crippen molar-refractivity contribution in [3.8, 4) is 0 Å². The molecule has 0 bridgehead atoms. The Balaban J connectivity index is 2.00. The van der Waals surface area contributed by atoms with Crippen LogP contribution in [0.4, 0.5) is 11.4 Å². The number of anilines is 2. The van der Waals surface area contributed by atoms with Crippen molar-refractivity contribution in [2.45, 2.75) is 6.42 Å². The van der Waals surface area contributed by atoms with E-state index in [0.717, 1.165) is 29.6 Å². The smallest absolute Gasteiger partial charge is 0.222 e. The number of pyridine rings is 1. The van der Waals surface area contributed by atoms with E-state index < -0.39 is 0 Å². The van der Waals surface area contributed by atoms with Gasteiger partial charge in [0, 0.05) is 36.0 Å². The van der Waals surface area contributed by atoms with Crippen LogP contribution in [0.25, 0.3) is 10.9 Å². The summed E-state index contributed by atoms with van der Waals surface area (Å²) in [5.74, 6) is -0.276. The molecule has 1 amide bonds. The minimum absolute atomic E-state index is 0.0583. The van der Waals surface area contributed by atoms with E-state index in [1.807, 2.05) is 24.3 Å². The van der Waals surface area contributed by atoms with Crippen LogP contribution in [0.5, 0.6) is 0 Å². The van der Waals surface area contributed by atoms with Gasteiger partial charge in [0.25, 0.3) is 0 Å². The van der Waals surface area contributed by atoms with E-state index in [1.165, 1.54) is 0 Å². The second-order valence-electron chi connectivity index (χ2n) is 4.94. The van der Waals surface area contributed by atoms with Crippen LogP contribution < -0.4 is 16.4 Å².